The number of benzene rings is 1. The summed E-state index contributed by atoms with van der Waals surface area (Å²) in [4.78, 5) is 11.2. The van der Waals surface area contributed by atoms with E-state index in [0.717, 1.165) is 5.56 Å². The lowest BCUT2D eigenvalue weighted by Crippen LogP contribution is -2.36. The molecule has 1 heterocycles. The van der Waals surface area contributed by atoms with Gasteiger partial charge in [0.05, 0.1) is 4.90 Å². The zero-order valence-electron chi connectivity index (χ0n) is 11.5. The molecule has 1 aliphatic heterocycles. The van der Waals surface area contributed by atoms with Crippen molar-refractivity contribution in [1.82, 2.24) is 10.0 Å². The molecule has 7 heteroatoms. The van der Waals surface area contributed by atoms with Crippen molar-refractivity contribution < 1.29 is 18.3 Å². The van der Waals surface area contributed by atoms with E-state index in [1.807, 2.05) is 6.92 Å². The SMILES string of the molecule is Cc1ccc(S(=O)(=O)NC2CNC(=O)C2)c(C#CCO)c1. The second-order valence-electron chi connectivity index (χ2n) is 4.79. The van der Waals surface area contributed by atoms with Crippen LogP contribution in [0.15, 0.2) is 23.1 Å². The number of nitrogens with one attached hydrogen (secondary N) is 2. The van der Waals surface area contributed by atoms with Crippen LogP contribution in [0.1, 0.15) is 17.5 Å². The van der Waals surface area contributed by atoms with Crippen molar-refractivity contribution in [3.63, 3.8) is 0 Å². The normalized spacial score (nSPS) is 18.0. The molecule has 1 aromatic carbocycles. The number of hydrogen-bond acceptors (Lipinski definition) is 4. The average Bonchev–Trinajstić information content (AvgIpc) is 2.80. The minimum Gasteiger partial charge on any atom is -0.384 e. The molecule has 0 aromatic heterocycles. The molecule has 0 radical (unpaired) electrons. The second kappa shape index (κ2) is 6.26. The third kappa shape index (κ3) is 3.82. The molecule has 1 aliphatic rings. The summed E-state index contributed by atoms with van der Waals surface area (Å²) in [5.41, 5.74) is 1.20. The second-order valence-corrected chi connectivity index (χ2v) is 6.47. The number of carbonyl (C=O) groups is 1. The van der Waals surface area contributed by atoms with Crippen molar-refractivity contribution >= 4 is 15.9 Å². The summed E-state index contributed by atoms with van der Waals surface area (Å²) in [6.45, 7) is 1.76. The molecule has 0 aliphatic carbocycles. The van der Waals surface area contributed by atoms with Gasteiger partial charge in [0.15, 0.2) is 0 Å². The fourth-order valence-corrected chi connectivity index (χ4v) is 3.46. The minimum absolute atomic E-state index is 0.0494. The Labute approximate surface area is 123 Å². The van der Waals surface area contributed by atoms with Crippen molar-refractivity contribution in [3.8, 4) is 11.8 Å². The van der Waals surface area contributed by atoms with Crippen LogP contribution in [0.3, 0.4) is 0 Å². The first-order chi connectivity index (χ1) is 9.92. The van der Waals surface area contributed by atoms with E-state index in [2.05, 4.69) is 21.9 Å². The van der Waals surface area contributed by atoms with Crippen LogP contribution in [0.5, 0.6) is 0 Å². The van der Waals surface area contributed by atoms with Crippen LogP contribution in [0, 0.1) is 18.8 Å². The Morgan fingerprint density at radius 2 is 2.24 bits per heavy atom. The Morgan fingerprint density at radius 3 is 2.86 bits per heavy atom. The maximum absolute atomic E-state index is 12.4. The quantitative estimate of drug-likeness (QED) is 0.656. The predicted octanol–water partition coefficient (Wildman–Crippen LogP) is -0.494. The van der Waals surface area contributed by atoms with Gasteiger partial charge in [-0.15, -0.1) is 0 Å². The van der Waals surface area contributed by atoms with Gasteiger partial charge in [0, 0.05) is 24.6 Å². The highest BCUT2D eigenvalue weighted by molar-refractivity contribution is 7.89. The summed E-state index contributed by atoms with van der Waals surface area (Å²) in [7, 11) is -3.77. The molecule has 0 bridgehead atoms. The fourth-order valence-electron chi connectivity index (χ4n) is 2.08. The smallest absolute Gasteiger partial charge is 0.242 e. The van der Waals surface area contributed by atoms with Crippen LogP contribution in [0.25, 0.3) is 0 Å². The predicted molar refractivity (Wildman–Crippen MR) is 76.9 cm³/mol. The first-order valence-corrected chi connectivity index (χ1v) is 7.90. The number of rotatable bonds is 3. The number of aliphatic hydroxyl groups excluding tert-OH is 1. The summed E-state index contributed by atoms with van der Waals surface area (Å²) < 4.78 is 27.3. The van der Waals surface area contributed by atoms with E-state index in [-0.39, 0.29) is 30.4 Å². The van der Waals surface area contributed by atoms with Crippen molar-refractivity contribution in [1.29, 1.82) is 0 Å². The van der Waals surface area contributed by atoms with Gasteiger partial charge < -0.3 is 10.4 Å². The van der Waals surface area contributed by atoms with Gasteiger partial charge in [-0.05, 0) is 24.6 Å². The Balaban J connectivity index is 2.33. The molecule has 21 heavy (non-hydrogen) atoms. The lowest BCUT2D eigenvalue weighted by Gasteiger charge is -2.13. The van der Waals surface area contributed by atoms with Crippen molar-refractivity contribution in [3.05, 3.63) is 29.3 Å². The highest BCUT2D eigenvalue weighted by Gasteiger charge is 2.27. The number of amides is 1. The maximum Gasteiger partial charge on any atom is 0.242 e. The molecule has 1 amide bonds. The Morgan fingerprint density at radius 1 is 1.48 bits per heavy atom. The van der Waals surface area contributed by atoms with Gasteiger partial charge in [0.2, 0.25) is 15.9 Å². The molecule has 3 N–H and O–H groups in total. The highest BCUT2D eigenvalue weighted by Crippen LogP contribution is 2.18. The molecule has 1 atom stereocenters. The number of hydrogen-bond donors (Lipinski definition) is 3. The Kier molecular flexibility index (Phi) is 4.63. The topological polar surface area (TPSA) is 95.5 Å². The Hall–Kier alpha value is -1.88. The van der Waals surface area contributed by atoms with Gasteiger partial charge in [-0.1, -0.05) is 17.9 Å². The van der Waals surface area contributed by atoms with E-state index in [1.165, 1.54) is 6.07 Å². The summed E-state index contributed by atoms with van der Waals surface area (Å²) in [6.07, 6.45) is 0.128. The van der Waals surface area contributed by atoms with Crippen LogP contribution in [0.2, 0.25) is 0 Å². The van der Waals surface area contributed by atoms with E-state index >= 15 is 0 Å². The van der Waals surface area contributed by atoms with Crippen LogP contribution in [-0.4, -0.2) is 38.6 Å². The van der Waals surface area contributed by atoms with E-state index < -0.39 is 16.1 Å². The molecule has 2 rings (SSSR count). The minimum atomic E-state index is -3.77. The molecule has 1 fully saturated rings. The lowest BCUT2D eigenvalue weighted by molar-refractivity contribution is -0.119. The third-order valence-corrected chi connectivity index (χ3v) is 4.60. The van der Waals surface area contributed by atoms with Gasteiger partial charge in [-0.25, -0.2) is 13.1 Å². The first kappa shape index (κ1) is 15.5. The van der Waals surface area contributed by atoms with Crippen LogP contribution in [-0.2, 0) is 14.8 Å². The van der Waals surface area contributed by atoms with Crippen molar-refractivity contribution in [2.45, 2.75) is 24.3 Å². The fraction of sp³-hybridized carbons (Fsp3) is 0.357. The van der Waals surface area contributed by atoms with Crippen molar-refractivity contribution in [2.24, 2.45) is 0 Å². The zero-order valence-corrected chi connectivity index (χ0v) is 12.3. The van der Waals surface area contributed by atoms with E-state index in [1.54, 1.807) is 12.1 Å². The van der Waals surface area contributed by atoms with Crippen molar-refractivity contribution in [2.75, 3.05) is 13.2 Å². The number of aliphatic hydroxyl groups is 1. The number of aryl methyl sites for hydroxylation is 1. The molecular formula is C14H16N2O4S. The summed E-state index contributed by atoms with van der Waals surface area (Å²) in [6, 6.07) is 4.34. The first-order valence-electron chi connectivity index (χ1n) is 6.42. The van der Waals surface area contributed by atoms with Gasteiger partial charge >= 0.3 is 0 Å². The van der Waals surface area contributed by atoms with E-state index in [4.69, 9.17) is 5.11 Å². The third-order valence-electron chi connectivity index (χ3n) is 3.03. The number of sulfonamides is 1. The molecular weight excluding hydrogens is 292 g/mol. The molecule has 0 saturated carbocycles. The summed E-state index contributed by atoms with van der Waals surface area (Å²) in [5.74, 6) is 4.92. The van der Waals surface area contributed by atoms with Gasteiger partial charge in [-0.3, -0.25) is 4.79 Å². The van der Waals surface area contributed by atoms with E-state index in [9.17, 15) is 13.2 Å². The molecule has 112 valence electrons. The van der Waals surface area contributed by atoms with Crippen LogP contribution < -0.4 is 10.0 Å². The molecule has 1 unspecified atom stereocenters. The molecule has 0 spiro atoms. The standard InChI is InChI=1S/C14H16N2O4S/c1-10-4-5-13(11(7-10)3-2-6-17)21(19,20)16-12-8-14(18)15-9-12/h4-5,7,12,16-17H,6,8-9H2,1H3,(H,15,18). The molecule has 1 saturated heterocycles. The summed E-state index contributed by atoms with van der Waals surface area (Å²) in [5, 5.41) is 11.3. The maximum atomic E-state index is 12.4. The lowest BCUT2D eigenvalue weighted by atomic mass is 10.1. The van der Waals surface area contributed by atoms with Gasteiger partial charge in [0.1, 0.15) is 6.61 Å². The van der Waals surface area contributed by atoms with E-state index in [0.29, 0.717) is 5.56 Å². The molecule has 1 aromatic rings. The molecule has 6 nitrogen and oxygen atoms in total. The van der Waals surface area contributed by atoms with Gasteiger partial charge in [0.25, 0.3) is 0 Å². The zero-order chi connectivity index (χ0) is 15.5. The Bertz CT molecular complexity index is 716. The van der Waals surface area contributed by atoms with Crippen LogP contribution in [0.4, 0.5) is 0 Å². The monoisotopic (exact) mass is 308 g/mol. The average molecular weight is 308 g/mol. The number of carbonyl (C=O) groups excluding carboxylic acids is 1. The van der Waals surface area contributed by atoms with Crippen LogP contribution >= 0.6 is 0 Å². The summed E-state index contributed by atoms with van der Waals surface area (Å²) >= 11 is 0. The highest BCUT2D eigenvalue weighted by atomic mass is 32.2. The largest absolute Gasteiger partial charge is 0.384 e. The van der Waals surface area contributed by atoms with Gasteiger partial charge in [-0.2, -0.15) is 0 Å².